The van der Waals surface area contributed by atoms with Gasteiger partial charge < -0.3 is 10.2 Å². The fraction of sp³-hybridized carbons (Fsp3) is 0.429. The summed E-state index contributed by atoms with van der Waals surface area (Å²) in [5, 5.41) is 2.58. The molecule has 1 aliphatic heterocycles. The zero-order valence-electron chi connectivity index (χ0n) is 11.4. The largest absolute Gasteiger partial charge is 0.345 e. The highest BCUT2D eigenvalue weighted by atomic mass is 79.9. The number of nitrogens with one attached hydrogen (secondary N) is 1. The van der Waals surface area contributed by atoms with Crippen molar-refractivity contribution in [2.45, 2.75) is 32.4 Å². The number of rotatable bonds is 3. The van der Waals surface area contributed by atoms with Crippen molar-refractivity contribution in [1.29, 1.82) is 0 Å². The predicted octanol–water partition coefficient (Wildman–Crippen LogP) is 2.22. The Hall–Kier alpha value is -1.43. The van der Waals surface area contributed by atoms with Gasteiger partial charge in [0.05, 0.1) is 6.54 Å². The van der Waals surface area contributed by atoms with Crippen LogP contribution in [0.15, 0.2) is 22.7 Å². The van der Waals surface area contributed by atoms with E-state index < -0.39 is 5.54 Å². The Morgan fingerprint density at radius 1 is 1.45 bits per heavy atom. The van der Waals surface area contributed by atoms with Crippen LogP contribution >= 0.6 is 15.9 Å². The molecule has 0 saturated carbocycles. The van der Waals surface area contributed by atoms with E-state index in [1.54, 1.807) is 19.1 Å². The summed E-state index contributed by atoms with van der Waals surface area (Å²) in [7, 11) is 0. The quantitative estimate of drug-likeness (QED) is 0.915. The molecule has 1 aromatic rings. The molecule has 20 heavy (non-hydrogen) atoms. The summed E-state index contributed by atoms with van der Waals surface area (Å²) in [6, 6.07) is 4.57. The first-order valence-corrected chi connectivity index (χ1v) is 7.20. The van der Waals surface area contributed by atoms with Crippen LogP contribution in [0.5, 0.6) is 0 Å². The van der Waals surface area contributed by atoms with Crippen LogP contribution in [-0.4, -0.2) is 28.8 Å². The number of carbonyl (C=O) groups excluding carboxylic acids is 2. The first-order valence-electron chi connectivity index (χ1n) is 6.41. The first-order chi connectivity index (χ1) is 9.38. The van der Waals surface area contributed by atoms with Crippen molar-refractivity contribution in [2.75, 3.05) is 6.54 Å². The van der Waals surface area contributed by atoms with Crippen LogP contribution in [0.25, 0.3) is 0 Å². The summed E-state index contributed by atoms with van der Waals surface area (Å²) in [5.41, 5.74) is -0.550. The van der Waals surface area contributed by atoms with Crippen molar-refractivity contribution in [1.82, 2.24) is 10.2 Å². The van der Waals surface area contributed by atoms with Gasteiger partial charge in [-0.25, -0.2) is 4.39 Å². The van der Waals surface area contributed by atoms with Crippen molar-refractivity contribution in [3.05, 3.63) is 34.1 Å². The number of hydrogen-bond acceptors (Lipinski definition) is 2. The van der Waals surface area contributed by atoms with Crippen molar-refractivity contribution >= 4 is 27.7 Å². The third-order valence-corrected chi connectivity index (χ3v) is 4.30. The van der Waals surface area contributed by atoms with Gasteiger partial charge in [-0.15, -0.1) is 0 Å². The highest BCUT2D eigenvalue weighted by Gasteiger charge is 2.44. The second-order valence-corrected chi connectivity index (χ2v) is 5.94. The van der Waals surface area contributed by atoms with Crippen LogP contribution < -0.4 is 5.32 Å². The van der Waals surface area contributed by atoms with E-state index in [1.807, 2.05) is 6.92 Å². The number of amides is 2. The van der Waals surface area contributed by atoms with Crippen LogP contribution in [0, 0.1) is 5.82 Å². The van der Waals surface area contributed by atoms with Crippen LogP contribution in [0.1, 0.15) is 25.8 Å². The number of carbonyl (C=O) groups is 2. The summed E-state index contributed by atoms with van der Waals surface area (Å²) < 4.78 is 14.6. The SMILES string of the molecule is CCC1(C)C(=O)NCC(=O)N1Cc1cc(Br)ccc1F. The molecule has 1 fully saturated rings. The molecule has 0 aliphatic carbocycles. The summed E-state index contributed by atoms with van der Waals surface area (Å²) in [6.45, 7) is 3.59. The molecule has 1 aromatic carbocycles. The van der Waals surface area contributed by atoms with E-state index in [4.69, 9.17) is 0 Å². The number of benzene rings is 1. The Labute approximate surface area is 125 Å². The molecule has 1 N–H and O–H groups in total. The van der Waals surface area contributed by atoms with Crippen molar-refractivity contribution in [2.24, 2.45) is 0 Å². The number of piperazine rings is 1. The van der Waals surface area contributed by atoms with Crippen LogP contribution in [0.3, 0.4) is 0 Å². The maximum Gasteiger partial charge on any atom is 0.246 e. The van der Waals surface area contributed by atoms with E-state index >= 15 is 0 Å². The van der Waals surface area contributed by atoms with E-state index in [0.29, 0.717) is 12.0 Å². The van der Waals surface area contributed by atoms with Crippen molar-refractivity contribution in [3.8, 4) is 0 Å². The van der Waals surface area contributed by atoms with Gasteiger partial charge >= 0.3 is 0 Å². The van der Waals surface area contributed by atoms with Crippen LogP contribution in [0.2, 0.25) is 0 Å². The summed E-state index contributed by atoms with van der Waals surface area (Å²) >= 11 is 3.28. The molecule has 1 heterocycles. The molecule has 1 unspecified atom stereocenters. The van der Waals surface area contributed by atoms with E-state index in [0.717, 1.165) is 4.47 Å². The second kappa shape index (κ2) is 5.52. The van der Waals surface area contributed by atoms with E-state index in [1.165, 1.54) is 11.0 Å². The lowest BCUT2D eigenvalue weighted by molar-refractivity contribution is -0.153. The number of halogens is 2. The zero-order chi connectivity index (χ0) is 14.9. The lowest BCUT2D eigenvalue weighted by Crippen LogP contribution is -2.65. The highest BCUT2D eigenvalue weighted by molar-refractivity contribution is 9.10. The molecule has 0 aromatic heterocycles. The topological polar surface area (TPSA) is 49.4 Å². The molecule has 4 nitrogen and oxygen atoms in total. The Bertz CT molecular complexity index is 564. The van der Waals surface area contributed by atoms with Gasteiger partial charge in [-0.05, 0) is 31.5 Å². The summed E-state index contributed by atoms with van der Waals surface area (Å²) in [4.78, 5) is 25.6. The Kier molecular flexibility index (Phi) is 4.13. The first kappa shape index (κ1) is 15.0. The summed E-state index contributed by atoms with van der Waals surface area (Å²) in [5.74, 6) is -0.784. The van der Waals surface area contributed by atoms with Crippen LogP contribution in [0.4, 0.5) is 4.39 Å². The van der Waals surface area contributed by atoms with Gasteiger partial charge in [0.2, 0.25) is 11.8 Å². The third kappa shape index (κ3) is 2.57. The Morgan fingerprint density at radius 2 is 2.15 bits per heavy atom. The van der Waals surface area contributed by atoms with E-state index in [-0.39, 0.29) is 30.7 Å². The molecule has 2 amide bonds. The minimum atomic E-state index is -0.940. The van der Waals surface area contributed by atoms with Gasteiger partial charge in [-0.1, -0.05) is 22.9 Å². The predicted molar refractivity (Wildman–Crippen MR) is 76.4 cm³/mol. The minimum Gasteiger partial charge on any atom is -0.345 e. The Balaban J connectivity index is 2.35. The molecule has 1 atom stereocenters. The monoisotopic (exact) mass is 342 g/mol. The van der Waals surface area contributed by atoms with Gasteiger partial charge in [-0.2, -0.15) is 0 Å². The maximum absolute atomic E-state index is 13.8. The molecule has 6 heteroatoms. The summed E-state index contributed by atoms with van der Waals surface area (Å²) in [6.07, 6.45) is 0.472. The fourth-order valence-electron chi connectivity index (χ4n) is 2.29. The molecule has 0 spiro atoms. The highest BCUT2D eigenvalue weighted by Crippen LogP contribution is 2.27. The lowest BCUT2D eigenvalue weighted by atomic mass is 9.92. The third-order valence-electron chi connectivity index (χ3n) is 3.81. The lowest BCUT2D eigenvalue weighted by Gasteiger charge is -2.43. The molecule has 2 rings (SSSR count). The number of nitrogens with zero attached hydrogens (tertiary/aromatic N) is 1. The normalized spacial score (nSPS) is 22.9. The van der Waals surface area contributed by atoms with Gasteiger partial charge in [0.1, 0.15) is 11.4 Å². The average molecular weight is 343 g/mol. The Morgan fingerprint density at radius 3 is 2.80 bits per heavy atom. The van der Waals surface area contributed by atoms with Crippen molar-refractivity contribution in [3.63, 3.8) is 0 Å². The molecule has 1 saturated heterocycles. The number of hydrogen-bond donors (Lipinski definition) is 1. The average Bonchev–Trinajstić information content (AvgIpc) is 2.43. The minimum absolute atomic E-state index is 0.0377. The fourth-order valence-corrected chi connectivity index (χ4v) is 2.70. The zero-order valence-corrected chi connectivity index (χ0v) is 13.0. The van der Waals surface area contributed by atoms with Gasteiger partial charge in [-0.3, -0.25) is 9.59 Å². The van der Waals surface area contributed by atoms with E-state index in [9.17, 15) is 14.0 Å². The molecule has 108 valence electrons. The molecule has 0 radical (unpaired) electrons. The standard InChI is InChI=1S/C14H16BrFN2O2/c1-3-14(2)13(20)17-7-12(19)18(14)8-9-6-10(15)4-5-11(9)16/h4-6H,3,7-8H2,1-2H3,(H,17,20). The van der Waals surface area contributed by atoms with Gasteiger partial charge in [0.25, 0.3) is 0 Å². The van der Waals surface area contributed by atoms with Crippen LogP contribution in [-0.2, 0) is 16.1 Å². The molecular weight excluding hydrogens is 327 g/mol. The smallest absolute Gasteiger partial charge is 0.246 e. The maximum atomic E-state index is 13.8. The van der Waals surface area contributed by atoms with Crippen molar-refractivity contribution < 1.29 is 14.0 Å². The molecular formula is C14H16BrFN2O2. The molecule has 1 aliphatic rings. The van der Waals surface area contributed by atoms with Gasteiger partial charge in [0, 0.05) is 16.6 Å². The second-order valence-electron chi connectivity index (χ2n) is 5.03. The van der Waals surface area contributed by atoms with Gasteiger partial charge in [0.15, 0.2) is 0 Å². The van der Waals surface area contributed by atoms with E-state index in [2.05, 4.69) is 21.2 Å². The molecule has 0 bridgehead atoms.